The van der Waals surface area contributed by atoms with Crippen molar-refractivity contribution in [2.75, 3.05) is 6.61 Å². The second-order valence-corrected chi connectivity index (χ2v) is 5.00. The van der Waals surface area contributed by atoms with Gasteiger partial charge < -0.3 is 14.8 Å². The lowest BCUT2D eigenvalue weighted by Crippen LogP contribution is -2.13. The van der Waals surface area contributed by atoms with Gasteiger partial charge in [0.2, 0.25) is 0 Å². The monoisotopic (exact) mass is 322 g/mol. The highest BCUT2D eigenvalue weighted by Gasteiger charge is 2.24. The first-order valence-electron chi connectivity index (χ1n) is 6.53. The van der Waals surface area contributed by atoms with Crippen molar-refractivity contribution in [2.24, 2.45) is 0 Å². The van der Waals surface area contributed by atoms with E-state index >= 15 is 0 Å². The van der Waals surface area contributed by atoms with Crippen molar-refractivity contribution in [3.8, 4) is 0 Å². The van der Waals surface area contributed by atoms with Crippen molar-refractivity contribution >= 4 is 40.7 Å². The Kier molecular flexibility index (Phi) is 4.81. The number of ether oxygens (including phenoxy) is 1. The first kappa shape index (κ1) is 16.0. The maximum absolute atomic E-state index is 11.7. The number of H-pyrrole nitrogens is 1. The molecule has 7 nitrogen and oxygen atoms in total. The molecule has 0 bridgehead atoms. The van der Waals surface area contributed by atoms with E-state index in [1.54, 1.807) is 25.1 Å². The van der Waals surface area contributed by atoms with Crippen LogP contribution in [0.1, 0.15) is 35.4 Å². The van der Waals surface area contributed by atoms with Crippen LogP contribution in [0.4, 0.5) is 0 Å². The molecule has 1 unspecified atom stereocenters. The molecule has 0 radical (unpaired) electrons. The number of aliphatic carboxylic acids is 1. The third kappa shape index (κ3) is 3.45. The van der Waals surface area contributed by atoms with Gasteiger partial charge in [-0.3, -0.25) is 9.59 Å². The predicted molar refractivity (Wildman–Crippen MR) is 81.0 cm³/mol. The van der Waals surface area contributed by atoms with Crippen LogP contribution in [0.15, 0.2) is 18.2 Å². The summed E-state index contributed by atoms with van der Waals surface area (Å²) in [4.78, 5) is 41.1. The Bertz CT molecular complexity index is 740. The molecule has 2 aromatic rings. The lowest BCUT2D eigenvalue weighted by atomic mass is 10.1. The molecule has 0 aliphatic rings. The average Bonchev–Trinajstić information content (AvgIpc) is 2.86. The summed E-state index contributed by atoms with van der Waals surface area (Å²) in [6, 6.07) is 4.70. The van der Waals surface area contributed by atoms with E-state index in [2.05, 4.69) is 22.6 Å². The fourth-order valence-corrected chi connectivity index (χ4v) is 2.22. The minimum Gasteiger partial charge on any atom is -0.481 e. The largest absolute Gasteiger partial charge is 0.481 e. The van der Waals surface area contributed by atoms with E-state index in [-0.39, 0.29) is 12.4 Å². The van der Waals surface area contributed by atoms with Crippen LogP contribution in [-0.4, -0.2) is 38.7 Å². The summed E-state index contributed by atoms with van der Waals surface area (Å²) < 4.78 is 4.90. The zero-order chi connectivity index (χ0) is 16.3. The van der Waals surface area contributed by atoms with Crippen LogP contribution in [0.2, 0.25) is 0 Å². The topological polar surface area (TPSA) is 109 Å². The fraction of sp³-hybridized carbons (Fsp3) is 0.286. The second kappa shape index (κ2) is 6.61. The Labute approximate surface area is 131 Å². The normalized spacial score (nSPS) is 12.1. The fourth-order valence-electron chi connectivity index (χ4n) is 2.01. The van der Waals surface area contributed by atoms with E-state index in [4.69, 9.17) is 9.84 Å². The predicted octanol–water partition coefficient (Wildman–Crippen LogP) is 1.75. The van der Waals surface area contributed by atoms with E-state index in [1.165, 1.54) is 0 Å². The van der Waals surface area contributed by atoms with Crippen molar-refractivity contribution in [3.05, 3.63) is 29.6 Å². The van der Waals surface area contributed by atoms with E-state index in [0.29, 0.717) is 16.6 Å². The van der Waals surface area contributed by atoms with E-state index < -0.39 is 29.4 Å². The minimum atomic E-state index is -1.12. The summed E-state index contributed by atoms with van der Waals surface area (Å²) in [6.45, 7) is 1.97. The van der Waals surface area contributed by atoms with E-state index in [9.17, 15) is 14.4 Å². The summed E-state index contributed by atoms with van der Waals surface area (Å²) in [6.07, 6.45) is -0.410. The number of benzene rings is 1. The molecule has 0 amide bonds. The number of carbonyl (C=O) groups is 3. The van der Waals surface area contributed by atoms with Crippen LogP contribution in [0, 0.1) is 0 Å². The summed E-state index contributed by atoms with van der Waals surface area (Å²) in [5.41, 5.74) is 1.38. The number of hydrogen-bond acceptors (Lipinski definition) is 5. The maximum atomic E-state index is 11.7. The number of imidazole rings is 1. The van der Waals surface area contributed by atoms with Crippen molar-refractivity contribution < 1.29 is 24.2 Å². The SMILES string of the molecule is CCOC(=O)c1ccc2nc(C(CC(=O)O)C(=O)S)[nH]c2c1. The molecule has 1 heterocycles. The number of nitrogens with zero attached hydrogens (tertiary/aromatic N) is 1. The number of aromatic amines is 1. The van der Waals surface area contributed by atoms with Crippen LogP contribution < -0.4 is 0 Å². The average molecular weight is 322 g/mol. The summed E-state index contributed by atoms with van der Waals surface area (Å²) >= 11 is 3.71. The number of carboxylic acids is 1. The van der Waals surface area contributed by atoms with Gasteiger partial charge in [-0.05, 0) is 25.1 Å². The van der Waals surface area contributed by atoms with E-state index in [1.807, 2.05) is 0 Å². The molecule has 0 aliphatic heterocycles. The van der Waals surface area contributed by atoms with Gasteiger partial charge in [0, 0.05) is 0 Å². The molecular formula is C14H14N2O5S. The van der Waals surface area contributed by atoms with Crippen molar-refractivity contribution in [1.82, 2.24) is 9.97 Å². The van der Waals surface area contributed by atoms with Crippen molar-refractivity contribution in [2.45, 2.75) is 19.3 Å². The van der Waals surface area contributed by atoms with E-state index in [0.717, 1.165) is 0 Å². The highest BCUT2D eigenvalue weighted by atomic mass is 32.1. The lowest BCUT2D eigenvalue weighted by Gasteiger charge is -2.06. The molecular weight excluding hydrogens is 308 g/mol. The molecule has 0 saturated heterocycles. The molecule has 0 saturated carbocycles. The molecule has 0 spiro atoms. The van der Waals surface area contributed by atoms with Gasteiger partial charge in [-0.2, -0.15) is 0 Å². The molecule has 22 heavy (non-hydrogen) atoms. The number of nitrogens with one attached hydrogen (secondary N) is 1. The first-order valence-corrected chi connectivity index (χ1v) is 6.98. The zero-order valence-corrected chi connectivity index (χ0v) is 12.6. The summed E-state index contributed by atoms with van der Waals surface area (Å²) in [7, 11) is 0. The summed E-state index contributed by atoms with van der Waals surface area (Å²) in [5, 5.41) is 8.27. The molecule has 2 N–H and O–H groups in total. The molecule has 0 aliphatic carbocycles. The lowest BCUT2D eigenvalue weighted by molar-refractivity contribution is -0.138. The number of carbonyl (C=O) groups excluding carboxylic acids is 2. The van der Waals surface area contributed by atoms with Crippen molar-refractivity contribution in [1.29, 1.82) is 0 Å². The zero-order valence-electron chi connectivity index (χ0n) is 11.7. The number of carboxylic acid groups (broad SMARTS) is 1. The number of aromatic nitrogens is 2. The van der Waals surface area contributed by atoms with Gasteiger partial charge in [0.1, 0.15) is 5.82 Å². The third-order valence-electron chi connectivity index (χ3n) is 3.02. The van der Waals surface area contributed by atoms with Gasteiger partial charge in [0.15, 0.2) is 5.12 Å². The number of thiol groups is 1. The minimum absolute atomic E-state index is 0.207. The Morgan fingerprint density at radius 1 is 1.41 bits per heavy atom. The van der Waals surface area contributed by atoms with Gasteiger partial charge in [0.25, 0.3) is 0 Å². The standard InChI is InChI=1S/C14H14N2O5S/c1-2-21-13(19)7-3-4-9-10(5-7)16-12(15-9)8(14(20)22)6-11(17)18/h3-5,8H,2,6H2,1H3,(H,15,16)(H,17,18)(H,20,22). The third-order valence-corrected chi connectivity index (χ3v) is 3.33. The van der Waals surface area contributed by atoms with Crippen LogP contribution in [0.3, 0.4) is 0 Å². The molecule has 1 aromatic carbocycles. The van der Waals surface area contributed by atoms with Gasteiger partial charge >= 0.3 is 11.9 Å². The van der Waals surface area contributed by atoms with Crippen molar-refractivity contribution in [3.63, 3.8) is 0 Å². The summed E-state index contributed by atoms with van der Waals surface area (Å²) in [5.74, 6) is -2.36. The Hall–Kier alpha value is -2.35. The highest BCUT2D eigenvalue weighted by Crippen LogP contribution is 2.23. The number of hydrogen-bond donors (Lipinski definition) is 3. The first-order chi connectivity index (χ1) is 10.4. The molecule has 116 valence electrons. The Morgan fingerprint density at radius 3 is 2.73 bits per heavy atom. The quantitative estimate of drug-likeness (QED) is 0.552. The molecule has 1 aromatic heterocycles. The number of fused-ring (bicyclic) bond motifs is 1. The van der Waals surface area contributed by atoms with Crippen LogP contribution >= 0.6 is 12.6 Å². The molecule has 2 rings (SSSR count). The number of esters is 1. The van der Waals surface area contributed by atoms with Gasteiger partial charge in [-0.15, -0.1) is 12.6 Å². The van der Waals surface area contributed by atoms with Gasteiger partial charge in [-0.25, -0.2) is 9.78 Å². The van der Waals surface area contributed by atoms with Crippen LogP contribution in [0.5, 0.6) is 0 Å². The van der Waals surface area contributed by atoms with Crippen LogP contribution in [-0.2, 0) is 14.3 Å². The van der Waals surface area contributed by atoms with Gasteiger partial charge in [0.05, 0.1) is 35.5 Å². The molecule has 1 atom stereocenters. The van der Waals surface area contributed by atoms with Crippen LogP contribution in [0.25, 0.3) is 11.0 Å². The maximum Gasteiger partial charge on any atom is 0.338 e. The molecule has 0 fully saturated rings. The smallest absolute Gasteiger partial charge is 0.338 e. The Morgan fingerprint density at radius 2 is 2.14 bits per heavy atom. The Balaban J connectivity index is 2.39. The second-order valence-electron chi connectivity index (χ2n) is 4.56. The highest BCUT2D eigenvalue weighted by molar-refractivity contribution is 7.96. The molecule has 8 heteroatoms. The number of rotatable bonds is 6. The van der Waals surface area contributed by atoms with Gasteiger partial charge in [-0.1, -0.05) is 0 Å².